The van der Waals surface area contributed by atoms with E-state index in [2.05, 4.69) is 22.5 Å². The Labute approximate surface area is 134 Å². The first-order valence-corrected chi connectivity index (χ1v) is 8.92. The molecule has 1 aliphatic carbocycles. The van der Waals surface area contributed by atoms with Gasteiger partial charge in [0.25, 0.3) is 0 Å². The molecule has 2 N–H and O–H groups in total. The lowest BCUT2D eigenvalue weighted by Crippen LogP contribution is -2.41. The molecule has 0 radical (unpaired) electrons. The Hall–Kier alpha value is -1.26. The van der Waals surface area contributed by atoms with Crippen molar-refractivity contribution in [2.75, 3.05) is 32.7 Å². The second kappa shape index (κ2) is 8.39. The molecule has 0 aromatic carbocycles. The molecule has 0 aromatic rings. The Bertz CT molecular complexity index is 380. The number of nitrogens with one attached hydrogen (secondary N) is 2. The quantitative estimate of drug-likeness (QED) is 0.463. The Morgan fingerprint density at radius 2 is 1.82 bits per heavy atom. The monoisotopic (exact) mass is 308 g/mol. The van der Waals surface area contributed by atoms with Crippen molar-refractivity contribution in [1.82, 2.24) is 15.5 Å². The van der Waals surface area contributed by atoms with Crippen LogP contribution in [-0.2, 0) is 4.79 Å². The molecule has 1 saturated heterocycles. The van der Waals surface area contributed by atoms with Crippen molar-refractivity contribution in [3.63, 3.8) is 0 Å². The number of likely N-dealkylation sites (tertiary alicyclic amines) is 1. The van der Waals surface area contributed by atoms with Gasteiger partial charge in [-0.25, -0.2) is 0 Å². The molecule has 1 aliphatic heterocycles. The second-order valence-corrected chi connectivity index (χ2v) is 6.89. The Morgan fingerprint density at radius 3 is 2.36 bits per heavy atom. The molecule has 2 aliphatic rings. The smallest absolute Gasteiger partial charge is 0.222 e. The van der Waals surface area contributed by atoms with E-state index in [1.165, 1.54) is 25.7 Å². The number of hydrogen-bond donors (Lipinski definition) is 2. The molecule has 2 fully saturated rings. The first-order valence-electron chi connectivity index (χ1n) is 8.92. The van der Waals surface area contributed by atoms with E-state index in [1.807, 2.05) is 13.8 Å². The molecule has 5 heteroatoms. The summed E-state index contributed by atoms with van der Waals surface area (Å²) >= 11 is 0. The van der Waals surface area contributed by atoms with E-state index in [-0.39, 0.29) is 11.8 Å². The third kappa shape index (κ3) is 4.62. The van der Waals surface area contributed by atoms with Gasteiger partial charge < -0.3 is 15.5 Å². The third-order valence-corrected chi connectivity index (χ3v) is 4.81. The van der Waals surface area contributed by atoms with E-state index >= 15 is 0 Å². The summed E-state index contributed by atoms with van der Waals surface area (Å²) in [4.78, 5) is 18.7. The Kier molecular flexibility index (Phi) is 6.52. The molecule has 22 heavy (non-hydrogen) atoms. The number of hydrogen-bond acceptors (Lipinski definition) is 2. The Balaban J connectivity index is 1.83. The first kappa shape index (κ1) is 17.1. The van der Waals surface area contributed by atoms with Crippen molar-refractivity contribution in [2.45, 2.75) is 46.5 Å². The topological polar surface area (TPSA) is 56.7 Å². The summed E-state index contributed by atoms with van der Waals surface area (Å²) in [5.41, 5.74) is 0. The number of carbonyl (C=O) groups is 1. The van der Waals surface area contributed by atoms with Gasteiger partial charge in [0, 0.05) is 32.1 Å². The third-order valence-electron chi connectivity index (χ3n) is 4.81. The van der Waals surface area contributed by atoms with E-state index in [0.29, 0.717) is 13.1 Å². The zero-order valence-corrected chi connectivity index (χ0v) is 14.4. The van der Waals surface area contributed by atoms with Crippen LogP contribution in [0.15, 0.2) is 4.99 Å². The lowest BCUT2D eigenvalue weighted by Gasteiger charge is -2.22. The molecular formula is C17H32N4O. The van der Waals surface area contributed by atoms with Crippen LogP contribution in [0, 0.1) is 17.8 Å². The van der Waals surface area contributed by atoms with Crippen LogP contribution in [0.5, 0.6) is 0 Å². The van der Waals surface area contributed by atoms with Crippen LogP contribution >= 0.6 is 0 Å². The molecule has 0 aromatic heterocycles. The number of carbonyl (C=O) groups excluding carboxylic acids is 1. The van der Waals surface area contributed by atoms with Crippen molar-refractivity contribution < 1.29 is 4.79 Å². The van der Waals surface area contributed by atoms with Crippen LogP contribution in [0.3, 0.4) is 0 Å². The molecule has 0 spiro atoms. The first-order chi connectivity index (χ1) is 10.6. The van der Waals surface area contributed by atoms with E-state index in [9.17, 15) is 4.79 Å². The zero-order valence-electron chi connectivity index (χ0n) is 14.4. The van der Waals surface area contributed by atoms with Crippen LogP contribution in [0.4, 0.5) is 0 Å². The average Bonchev–Trinajstić information content (AvgIpc) is 2.93. The summed E-state index contributed by atoms with van der Waals surface area (Å²) in [6, 6.07) is 0. The van der Waals surface area contributed by atoms with Crippen molar-refractivity contribution in [1.29, 1.82) is 0 Å². The van der Waals surface area contributed by atoms with Gasteiger partial charge in [-0.15, -0.1) is 0 Å². The minimum atomic E-state index is 0.0407. The van der Waals surface area contributed by atoms with E-state index < -0.39 is 0 Å². The maximum absolute atomic E-state index is 11.6. The van der Waals surface area contributed by atoms with Gasteiger partial charge in [-0.1, -0.05) is 26.7 Å². The normalized spacial score (nSPS) is 25.3. The largest absolute Gasteiger partial charge is 0.357 e. The highest BCUT2D eigenvalue weighted by Crippen LogP contribution is 2.35. The zero-order chi connectivity index (χ0) is 15.9. The van der Waals surface area contributed by atoms with Crippen LogP contribution in [-0.4, -0.2) is 49.5 Å². The van der Waals surface area contributed by atoms with Gasteiger partial charge in [-0.05, 0) is 31.6 Å². The van der Waals surface area contributed by atoms with Crippen molar-refractivity contribution in [2.24, 2.45) is 22.7 Å². The van der Waals surface area contributed by atoms with Crippen LogP contribution in [0.25, 0.3) is 0 Å². The van der Waals surface area contributed by atoms with Gasteiger partial charge in [0.05, 0.1) is 6.54 Å². The standard InChI is InChI=1S/C17H32N4O/c1-4-18-17(20-10-9-19-16(22)13(2)3)21-11-14-7-5-6-8-15(14)12-21/h13-15H,4-12H2,1-3H3,(H,18,20)(H,19,22). The maximum Gasteiger partial charge on any atom is 0.222 e. The minimum absolute atomic E-state index is 0.0407. The van der Waals surface area contributed by atoms with Crippen LogP contribution in [0.2, 0.25) is 0 Å². The summed E-state index contributed by atoms with van der Waals surface area (Å²) in [7, 11) is 0. The summed E-state index contributed by atoms with van der Waals surface area (Å²) in [5, 5.41) is 6.34. The van der Waals surface area contributed by atoms with Gasteiger partial charge in [-0.2, -0.15) is 0 Å². The number of nitrogens with zero attached hydrogens (tertiary/aromatic N) is 2. The molecule has 5 nitrogen and oxygen atoms in total. The number of rotatable bonds is 5. The summed E-state index contributed by atoms with van der Waals surface area (Å²) in [6.45, 7) is 10.4. The predicted octanol–water partition coefficient (Wildman–Crippen LogP) is 1.85. The number of guanidine groups is 1. The van der Waals surface area contributed by atoms with Gasteiger partial charge in [0.2, 0.25) is 5.91 Å². The molecule has 2 rings (SSSR count). The SMILES string of the molecule is CCNC(=NCCNC(=O)C(C)C)N1CC2CCCCC2C1. The highest BCUT2D eigenvalue weighted by Gasteiger charge is 2.35. The van der Waals surface area contributed by atoms with Gasteiger partial charge in [-0.3, -0.25) is 9.79 Å². The molecule has 0 bridgehead atoms. The molecule has 2 atom stereocenters. The number of amides is 1. The average molecular weight is 308 g/mol. The van der Waals surface area contributed by atoms with Crippen molar-refractivity contribution in [3.8, 4) is 0 Å². The lowest BCUT2D eigenvalue weighted by atomic mass is 9.82. The lowest BCUT2D eigenvalue weighted by molar-refractivity contribution is -0.123. The highest BCUT2D eigenvalue weighted by molar-refractivity contribution is 5.80. The Morgan fingerprint density at radius 1 is 1.18 bits per heavy atom. The number of fused-ring (bicyclic) bond motifs is 1. The summed E-state index contributed by atoms with van der Waals surface area (Å²) in [6.07, 6.45) is 5.55. The minimum Gasteiger partial charge on any atom is -0.357 e. The van der Waals surface area contributed by atoms with Crippen LogP contribution < -0.4 is 10.6 Å². The fraction of sp³-hybridized carbons (Fsp3) is 0.882. The molecular weight excluding hydrogens is 276 g/mol. The fourth-order valence-corrected chi connectivity index (χ4v) is 3.55. The van der Waals surface area contributed by atoms with Gasteiger partial charge in [0.15, 0.2) is 5.96 Å². The predicted molar refractivity (Wildman–Crippen MR) is 90.8 cm³/mol. The van der Waals surface area contributed by atoms with E-state index in [0.717, 1.165) is 37.4 Å². The van der Waals surface area contributed by atoms with Gasteiger partial charge in [0.1, 0.15) is 0 Å². The van der Waals surface area contributed by atoms with Crippen molar-refractivity contribution >= 4 is 11.9 Å². The fourth-order valence-electron chi connectivity index (χ4n) is 3.55. The number of aliphatic imine (C=N–C) groups is 1. The van der Waals surface area contributed by atoms with Crippen molar-refractivity contribution in [3.05, 3.63) is 0 Å². The van der Waals surface area contributed by atoms with E-state index in [4.69, 9.17) is 4.99 Å². The molecule has 126 valence electrons. The maximum atomic E-state index is 11.6. The molecule has 1 saturated carbocycles. The highest BCUT2D eigenvalue weighted by atomic mass is 16.1. The summed E-state index contributed by atoms with van der Waals surface area (Å²) in [5.74, 6) is 2.89. The molecule has 2 unspecified atom stereocenters. The molecule has 1 heterocycles. The van der Waals surface area contributed by atoms with Crippen LogP contribution in [0.1, 0.15) is 46.5 Å². The van der Waals surface area contributed by atoms with Gasteiger partial charge >= 0.3 is 0 Å². The molecule has 1 amide bonds. The second-order valence-electron chi connectivity index (χ2n) is 6.89. The van der Waals surface area contributed by atoms with E-state index in [1.54, 1.807) is 0 Å². The summed E-state index contributed by atoms with van der Waals surface area (Å²) < 4.78 is 0.